The molecule has 1 spiro atoms. The number of ether oxygens (including phenoxy) is 1. The van der Waals surface area contributed by atoms with Crippen molar-refractivity contribution < 1.29 is 22.7 Å². The lowest BCUT2D eigenvalue weighted by Crippen LogP contribution is -2.60. The number of amides is 1. The van der Waals surface area contributed by atoms with Gasteiger partial charge < -0.3 is 9.64 Å². The lowest BCUT2D eigenvalue weighted by atomic mass is 9.97. The monoisotopic (exact) mass is 392 g/mol. The average Bonchev–Trinajstić information content (AvgIpc) is 3.13. The Kier molecular flexibility index (Phi) is 4.50. The van der Waals surface area contributed by atoms with Gasteiger partial charge in [0.1, 0.15) is 12.1 Å². The molecular weight excluding hydrogens is 368 g/mol. The van der Waals surface area contributed by atoms with Crippen LogP contribution in [0.1, 0.15) is 44.6 Å². The molecule has 0 radical (unpaired) electrons. The molecule has 1 aromatic carbocycles. The van der Waals surface area contributed by atoms with E-state index in [1.807, 2.05) is 0 Å². The Bertz CT molecular complexity index is 889. The van der Waals surface area contributed by atoms with Crippen molar-refractivity contribution in [2.75, 3.05) is 24.6 Å². The summed E-state index contributed by atoms with van der Waals surface area (Å²) in [7, 11) is -3.83. The van der Waals surface area contributed by atoms with Gasteiger partial charge in [0, 0.05) is 25.7 Å². The van der Waals surface area contributed by atoms with E-state index in [2.05, 4.69) is 0 Å². The Hall–Kier alpha value is -1.93. The number of anilines is 1. The minimum atomic E-state index is -3.83. The van der Waals surface area contributed by atoms with E-state index in [9.17, 15) is 18.0 Å². The highest BCUT2D eigenvalue weighted by Crippen LogP contribution is 2.42. The van der Waals surface area contributed by atoms with E-state index in [0.717, 1.165) is 36.9 Å². The number of sulfonamides is 1. The summed E-state index contributed by atoms with van der Waals surface area (Å²) in [5, 5.41) is 0. The summed E-state index contributed by atoms with van der Waals surface area (Å²) in [6.07, 6.45) is 4.19. The van der Waals surface area contributed by atoms with Crippen LogP contribution in [-0.2, 0) is 30.8 Å². The maximum atomic E-state index is 13.4. The molecular formula is C19H24N2O5S. The van der Waals surface area contributed by atoms with Crippen molar-refractivity contribution in [3.63, 3.8) is 0 Å². The number of hydrogen-bond acceptors (Lipinski definition) is 5. The number of nitrogens with zero attached hydrogens (tertiary/aromatic N) is 2. The van der Waals surface area contributed by atoms with E-state index >= 15 is 0 Å². The predicted molar refractivity (Wildman–Crippen MR) is 98.8 cm³/mol. The lowest BCUT2D eigenvalue weighted by Gasteiger charge is -2.41. The second-order valence-corrected chi connectivity index (χ2v) is 9.38. The molecule has 2 fully saturated rings. The van der Waals surface area contributed by atoms with Crippen LogP contribution in [-0.4, -0.2) is 49.8 Å². The van der Waals surface area contributed by atoms with Gasteiger partial charge >= 0.3 is 5.97 Å². The number of esters is 1. The first kappa shape index (κ1) is 18.4. The van der Waals surface area contributed by atoms with Gasteiger partial charge in [0.05, 0.1) is 4.90 Å². The highest BCUT2D eigenvalue weighted by atomic mass is 32.2. The summed E-state index contributed by atoms with van der Waals surface area (Å²) in [5.41, 5.74) is 0.581. The van der Waals surface area contributed by atoms with E-state index in [1.165, 1.54) is 11.2 Å². The van der Waals surface area contributed by atoms with E-state index in [4.69, 9.17) is 4.74 Å². The topological polar surface area (TPSA) is 84.0 Å². The van der Waals surface area contributed by atoms with Gasteiger partial charge in [-0.15, -0.1) is 0 Å². The van der Waals surface area contributed by atoms with Gasteiger partial charge in [-0.25, -0.2) is 8.42 Å². The zero-order valence-electron chi connectivity index (χ0n) is 15.4. The number of rotatable bonds is 2. The quantitative estimate of drug-likeness (QED) is 0.717. The molecule has 1 aliphatic carbocycles. The average molecular weight is 392 g/mol. The summed E-state index contributed by atoms with van der Waals surface area (Å²) < 4.78 is 33.5. The molecule has 0 atom stereocenters. The largest absolute Gasteiger partial charge is 0.463 e. The van der Waals surface area contributed by atoms with Crippen LogP contribution < -0.4 is 4.90 Å². The molecule has 1 aromatic rings. The highest BCUT2D eigenvalue weighted by Gasteiger charge is 2.54. The molecule has 2 heterocycles. The molecule has 1 saturated heterocycles. The van der Waals surface area contributed by atoms with E-state index in [0.29, 0.717) is 19.4 Å². The van der Waals surface area contributed by atoms with Crippen LogP contribution in [0.3, 0.4) is 0 Å². The van der Waals surface area contributed by atoms with Crippen LogP contribution in [0.2, 0.25) is 0 Å². The predicted octanol–water partition coefficient (Wildman–Crippen LogP) is 1.85. The van der Waals surface area contributed by atoms with Crippen LogP contribution in [0.5, 0.6) is 0 Å². The van der Waals surface area contributed by atoms with Gasteiger partial charge in [0.25, 0.3) is 0 Å². The number of hydrogen-bond donors (Lipinski definition) is 0. The molecule has 0 unspecified atom stereocenters. The van der Waals surface area contributed by atoms with Crippen molar-refractivity contribution in [2.24, 2.45) is 0 Å². The third kappa shape index (κ3) is 2.86. The van der Waals surface area contributed by atoms with Crippen LogP contribution in [0.25, 0.3) is 0 Å². The normalized spacial score (nSPS) is 22.6. The Balaban J connectivity index is 1.74. The number of fused-ring (bicyclic) bond motifs is 1. The molecule has 146 valence electrons. The number of carbonyl (C=O) groups excluding carboxylic acids is 2. The maximum Gasteiger partial charge on any atom is 0.327 e. The van der Waals surface area contributed by atoms with Gasteiger partial charge in [-0.1, -0.05) is 12.8 Å². The third-order valence-corrected chi connectivity index (χ3v) is 7.92. The van der Waals surface area contributed by atoms with Crippen molar-refractivity contribution in [2.45, 2.75) is 55.9 Å². The van der Waals surface area contributed by atoms with E-state index in [-0.39, 0.29) is 24.0 Å². The van der Waals surface area contributed by atoms with Crippen LogP contribution in [0.15, 0.2) is 23.1 Å². The summed E-state index contributed by atoms with van der Waals surface area (Å²) in [6.45, 7) is 2.44. The molecule has 0 N–H and O–H groups in total. The zero-order valence-corrected chi connectivity index (χ0v) is 16.3. The summed E-state index contributed by atoms with van der Waals surface area (Å²) in [4.78, 5) is 26.2. The van der Waals surface area contributed by atoms with E-state index < -0.39 is 21.5 Å². The fourth-order valence-electron chi connectivity index (χ4n) is 4.62. The van der Waals surface area contributed by atoms with Crippen LogP contribution >= 0.6 is 0 Å². The number of cyclic esters (lactones) is 1. The smallest absolute Gasteiger partial charge is 0.327 e. The standard InChI is InChI=1S/C19H24N2O5S/c1-14(22)20-10-4-5-15-13-16(6-7-17(15)20)27(24,25)21-11-12-26-18(23)19(21)8-2-3-9-19/h6-7,13H,2-5,8-12H2,1H3. The maximum absolute atomic E-state index is 13.4. The van der Waals surface area contributed by atoms with Crippen molar-refractivity contribution in [3.8, 4) is 0 Å². The Labute approximate surface area is 159 Å². The Morgan fingerprint density at radius 3 is 2.59 bits per heavy atom. The lowest BCUT2D eigenvalue weighted by molar-refractivity contribution is -0.162. The molecule has 4 rings (SSSR count). The fraction of sp³-hybridized carbons (Fsp3) is 0.579. The summed E-state index contributed by atoms with van der Waals surface area (Å²) in [5.74, 6) is -0.467. The molecule has 7 nitrogen and oxygen atoms in total. The van der Waals surface area contributed by atoms with Gasteiger partial charge in [-0.2, -0.15) is 4.31 Å². The first-order valence-corrected chi connectivity index (χ1v) is 10.9. The summed E-state index contributed by atoms with van der Waals surface area (Å²) >= 11 is 0. The fourth-order valence-corrected chi connectivity index (χ4v) is 6.44. The van der Waals surface area contributed by atoms with Crippen LogP contribution in [0.4, 0.5) is 5.69 Å². The van der Waals surface area contributed by atoms with Crippen molar-refractivity contribution in [1.82, 2.24) is 4.31 Å². The van der Waals surface area contributed by atoms with Crippen molar-refractivity contribution in [1.29, 1.82) is 0 Å². The number of carbonyl (C=O) groups is 2. The summed E-state index contributed by atoms with van der Waals surface area (Å²) in [6, 6.07) is 4.94. The number of morpholine rings is 1. The second kappa shape index (κ2) is 6.60. The van der Waals surface area contributed by atoms with Crippen molar-refractivity contribution >= 4 is 27.6 Å². The molecule has 27 heavy (non-hydrogen) atoms. The molecule has 3 aliphatic rings. The molecule has 0 bridgehead atoms. The first-order chi connectivity index (χ1) is 12.9. The van der Waals surface area contributed by atoms with Gasteiger partial charge in [-0.05, 0) is 49.4 Å². The van der Waals surface area contributed by atoms with Gasteiger partial charge in [0.2, 0.25) is 15.9 Å². The second-order valence-electron chi connectivity index (χ2n) is 7.52. The first-order valence-electron chi connectivity index (χ1n) is 9.47. The molecule has 1 amide bonds. The van der Waals surface area contributed by atoms with E-state index in [1.54, 1.807) is 23.1 Å². The molecule has 0 aromatic heterocycles. The SMILES string of the molecule is CC(=O)N1CCCc2cc(S(=O)(=O)N3CCOC(=O)C34CCCC4)ccc21. The molecule has 8 heteroatoms. The van der Waals surface area contributed by atoms with Gasteiger partial charge in [-0.3, -0.25) is 9.59 Å². The molecule has 1 saturated carbocycles. The molecule has 2 aliphatic heterocycles. The number of aryl methyl sites for hydroxylation is 1. The van der Waals surface area contributed by atoms with Crippen molar-refractivity contribution in [3.05, 3.63) is 23.8 Å². The van der Waals surface area contributed by atoms with Crippen LogP contribution in [0, 0.1) is 0 Å². The third-order valence-electron chi connectivity index (χ3n) is 5.95. The minimum absolute atomic E-state index is 0.0461. The number of benzene rings is 1. The minimum Gasteiger partial charge on any atom is -0.463 e. The highest BCUT2D eigenvalue weighted by molar-refractivity contribution is 7.89. The Morgan fingerprint density at radius 1 is 1.15 bits per heavy atom. The van der Waals surface area contributed by atoms with Gasteiger partial charge in [0.15, 0.2) is 0 Å². The zero-order chi connectivity index (χ0) is 19.2. The Morgan fingerprint density at radius 2 is 1.89 bits per heavy atom.